The molecule has 0 unspecified atom stereocenters. The van der Waals surface area contributed by atoms with Gasteiger partial charge < -0.3 is 10.4 Å². The van der Waals surface area contributed by atoms with Gasteiger partial charge in [0.1, 0.15) is 0 Å². The van der Waals surface area contributed by atoms with Gasteiger partial charge in [0.2, 0.25) is 0 Å². The molecule has 5 nitrogen and oxygen atoms in total. The number of hydrogen-bond acceptors (Lipinski definition) is 4. The van der Waals surface area contributed by atoms with Crippen LogP contribution in [0.2, 0.25) is 5.02 Å². The number of thioether (sulfide) groups is 1. The van der Waals surface area contributed by atoms with Crippen LogP contribution in [-0.2, 0) is 11.2 Å². The van der Waals surface area contributed by atoms with E-state index in [4.69, 9.17) is 16.7 Å². The van der Waals surface area contributed by atoms with Crippen molar-refractivity contribution in [3.05, 3.63) is 101 Å². The Morgan fingerprint density at radius 3 is 2.56 bits per heavy atom. The summed E-state index contributed by atoms with van der Waals surface area (Å²) in [6, 6.07) is 23.7. The smallest absolute Gasteiger partial charge is 0.307 e. The lowest BCUT2D eigenvalue weighted by Gasteiger charge is -2.14. The van der Waals surface area contributed by atoms with Crippen molar-refractivity contribution in [2.24, 2.45) is 0 Å². The maximum absolute atomic E-state index is 13.3. The summed E-state index contributed by atoms with van der Waals surface area (Å²) in [5, 5.41) is 12.7. The Bertz CT molecular complexity index is 1360. The second kappa shape index (κ2) is 10.5. The van der Waals surface area contributed by atoms with E-state index in [1.54, 1.807) is 54.4 Å². The van der Waals surface area contributed by atoms with Crippen LogP contribution in [0.1, 0.15) is 15.9 Å². The molecule has 0 saturated heterocycles. The van der Waals surface area contributed by atoms with Gasteiger partial charge in [-0.1, -0.05) is 41.9 Å². The molecule has 1 amide bonds. The van der Waals surface area contributed by atoms with Crippen LogP contribution in [0.5, 0.6) is 0 Å². The number of carboxylic acids is 1. The molecule has 0 atom stereocenters. The van der Waals surface area contributed by atoms with Crippen LogP contribution in [0.15, 0.2) is 90.0 Å². The monoisotopic (exact) mass is 488 g/mol. The number of nitrogens with zero attached hydrogens (tertiary/aromatic N) is 1. The van der Waals surface area contributed by atoms with E-state index >= 15 is 0 Å². The Balaban J connectivity index is 1.69. The van der Waals surface area contributed by atoms with E-state index in [1.165, 1.54) is 0 Å². The first-order valence-corrected chi connectivity index (χ1v) is 12.1. The molecule has 0 aliphatic rings. The summed E-state index contributed by atoms with van der Waals surface area (Å²) in [5.74, 6) is -1.18. The number of aliphatic carboxylic acids is 1. The third kappa shape index (κ3) is 5.47. The van der Waals surface area contributed by atoms with Gasteiger partial charge in [-0.25, -0.2) is 0 Å². The molecule has 0 fully saturated rings. The number of nitrogens with one attached hydrogen (secondary N) is 1. The number of rotatable bonds is 7. The molecule has 0 bridgehead atoms. The van der Waals surface area contributed by atoms with E-state index in [1.807, 2.05) is 48.7 Å². The fourth-order valence-corrected chi connectivity index (χ4v) is 4.28. The minimum atomic E-state index is -0.903. The third-order valence-electron chi connectivity index (χ3n) is 5.23. The number of benzene rings is 3. The molecule has 34 heavy (non-hydrogen) atoms. The standard InChI is InChI=1S/C27H21ClN2O3S/c1-34-20-9-10-21(22(16-20)18-6-4-5-17(13-18)14-26(31)32)27(33)30-19-8-11-24(28)23(15-19)25-7-2-3-12-29-25/h2-13,15-16H,14H2,1H3,(H,30,33)(H,31,32). The molecule has 1 aromatic heterocycles. The van der Waals surface area contributed by atoms with Crippen LogP contribution >= 0.6 is 23.4 Å². The number of aromatic nitrogens is 1. The van der Waals surface area contributed by atoms with Gasteiger partial charge in [0, 0.05) is 27.9 Å². The summed E-state index contributed by atoms with van der Waals surface area (Å²) in [7, 11) is 0. The van der Waals surface area contributed by atoms with Crippen molar-refractivity contribution in [1.29, 1.82) is 0 Å². The quantitative estimate of drug-likeness (QED) is 0.284. The number of pyridine rings is 1. The van der Waals surface area contributed by atoms with Gasteiger partial charge in [-0.15, -0.1) is 11.8 Å². The van der Waals surface area contributed by atoms with Crippen molar-refractivity contribution in [2.75, 3.05) is 11.6 Å². The van der Waals surface area contributed by atoms with Crippen molar-refractivity contribution < 1.29 is 14.7 Å². The summed E-state index contributed by atoms with van der Waals surface area (Å²) in [5.41, 5.74) is 4.70. The number of amides is 1. The average molecular weight is 489 g/mol. The molecule has 0 aliphatic carbocycles. The van der Waals surface area contributed by atoms with Crippen molar-refractivity contribution in [3.8, 4) is 22.4 Å². The van der Waals surface area contributed by atoms with Crippen molar-refractivity contribution >= 4 is 40.9 Å². The normalized spacial score (nSPS) is 10.6. The molecule has 0 radical (unpaired) electrons. The number of halogens is 1. The van der Waals surface area contributed by atoms with E-state index < -0.39 is 5.97 Å². The fourth-order valence-electron chi connectivity index (χ4n) is 3.63. The van der Waals surface area contributed by atoms with Crippen molar-refractivity contribution in [3.63, 3.8) is 0 Å². The Labute approximate surface area is 206 Å². The summed E-state index contributed by atoms with van der Waals surface area (Å²) in [6.07, 6.45) is 3.57. The molecule has 0 aliphatic heterocycles. The zero-order valence-corrected chi connectivity index (χ0v) is 19.9. The van der Waals surface area contributed by atoms with E-state index in [0.717, 1.165) is 21.6 Å². The average Bonchev–Trinajstić information content (AvgIpc) is 2.85. The fraction of sp³-hybridized carbons (Fsp3) is 0.0741. The number of anilines is 1. The van der Waals surface area contributed by atoms with Crippen LogP contribution in [0.25, 0.3) is 22.4 Å². The minimum Gasteiger partial charge on any atom is -0.481 e. The van der Waals surface area contributed by atoms with Crippen LogP contribution in [0, 0.1) is 0 Å². The molecule has 4 aromatic rings. The Morgan fingerprint density at radius 2 is 1.82 bits per heavy atom. The molecule has 1 heterocycles. The lowest BCUT2D eigenvalue weighted by atomic mass is 9.96. The van der Waals surface area contributed by atoms with Crippen molar-refractivity contribution in [2.45, 2.75) is 11.3 Å². The summed E-state index contributed by atoms with van der Waals surface area (Å²) >= 11 is 7.95. The maximum atomic E-state index is 13.3. The summed E-state index contributed by atoms with van der Waals surface area (Å²) in [6.45, 7) is 0. The zero-order valence-electron chi connectivity index (χ0n) is 18.3. The molecular weight excluding hydrogens is 468 g/mol. The Hall–Kier alpha value is -3.61. The number of carboxylic acid groups (broad SMARTS) is 1. The first-order chi connectivity index (χ1) is 16.4. The number of carbonyl (C=O) groups is 2. The molecule has 0 spiro atoms. The lowest BCUT2D eigenvalue weighted by molar-refractivity contribution is -0.136. The first-order valence-electron chi connectivity index (χ1n) is 10.5. The largest absolute Gasteiger partial charge is 0.481 e. The molecule has 170 valence electrons. The minimum absolute atomic E-state index is 0.0847. The third-order valence-corrected chi connectivity index (χ3v) is 6.28. The van der Waals surface area contributed by atoms with Gasteiger partial charge in [0.25, 0.3) is 5.91 Å². The maximum Gasteiger partial charge on any atom is 0.307 e. The van der Waals surface area contributed by atoms with Gasteiger partial charge in [-0.3, -0.25) is 14.6 Å². The highest BCUT2D eigenvalue weighted by Crippen LogP contribution is 2.32. The molecule has 4 rings (SSSR count). The molecule has 0 saturated carbocycles. The van der Waals surface area contributed by atoms with Gasteiger partial charge in [-0.2, -0.15) is 0 Å². The second-order valence-electron chi connectivity index (χ2n) is 7.55. The molecule has 7 heteroatoms. The van der Waals surface area contributed by atoms with Crippen LogP contribution < -0.4 is 5.32 Å². The summed E-state index contributed by atoms with van der Waals surface area (Å²) < 4.78 is 0. The van der Waals surface area contributed by atoms with Gasteiger partial charge in [0.05, 0.1) is 17.1 Å². The SMILES string of the molecule is CSc1ccc(C(=O)Nc2ccc(Cl)c(-c3ccccn3)c2)c(-c2cccc(CC(=O)O)c2)c1. The van der Waals surface area contributed by atoms with Crippen molar-refractivity contribution in [1.82, 2.24) is 4.98 Å². The van der Waals surface area contributed by atoms with E-state index in [0.29, 0.717) is 27.5 Å². The Kier molecular flexibility index (Phi) is 7.30. The van der Waals surface area contributed by atoms with Crippen LogP contribution in [0.4, 0.5) is 5.69 Å². The van der Waals surface area contributed by atoms with E-state index in [-0.39, 0.29) is 12.3 Å². The highest BCUT2D eigenvalue weighted by molar-refractivity contribution is 7.98. The number of carbonyl (C=O) groups excluding carboxylic acids is 1. The first kappa shape index (κ1) is 23.5. The van der Waals surface area contributed by atoms with Gasteiger partial charge in [-0.05, 0) is 71.5 Å². The second-order valence-corrected chi connectivity index (χ2v) is 8.83. The number of hydrogen-bond donors (Lipinski definition) is 2. The van der Waals surface area contributed by atoms with E-state index in [9.17, 15) is 9.59 Å². The van der Waals surface area contributed by atoms with Crippen LogP contribution in [-0.4, -0.2) is 28.2 Å². The van der Waals surface area contributed by atoms with E-state index in [2.05, 4.69) is 10.3 Å². The summed E-state index contributed by atoms with van der Waals surface area (Å²) in [4.78, 5) is 29.9. The predicted molar refractivity (Wildman–Crippen MR) is 138 cm³/mol. The Morgan fingerprint density at radius 1 is 0.971 bits per heavy atom. The van der Waals surface area contributed by atoms with Gasteiger partial charge in [0.15, 0.2) is 0 Å². The predicted octanol–water partition coefficient (Wildman–Crippen LogP) is 6.67. The molecular formula is C27H21ClN2O3S. The highest BCUT2D eigenvalue weighted by atomic mass is 35.5. The van der Waals surface area contributed by atoms with Gasteiger partial charge >= 0.3 is 5.97 Å². The zero-order chi connectivity index (χ0) is 24.1. The molecule has 2 N–H and O–H groups in total. The van der Waals surface area contributed by atoms with Crippen LogP contribution in [0.3, 0.4) is 0 Å². The topological polar surface area (TPSA) is 79.3 Å². The highest BCUT2D eigenvalue weighted by Gasteiger charge is 2.16. The lowest BCUT2D eigenvalue weighted by Crippen LogP contribution is -2.13. The molecule has 3 aromatic carbocycles.